The number of ether oxygens (including phenoxy) is 2. The lowest BCUT2D eigenvalue weighted by Gasteiger charge is -2.13. The van der Waals surface area contributed by atoms with Gasteiger partial charge in [0.15, 0.2) is 0 Å². The van der Waals surface area contributed by atoms with E-state index in [0.29, 0.717) is 6.61 Å². The van der Waals surface area contributed by atoms with Gasteiger partial charge in [0.05, 0.1) is 13.1 Å². The van der Waals surface area contributed by atoms with E-state index in [2.05, 4.69) is 12.1 Å². The fraction of sp³-hybridized carbons (Fsp3) is 0.368. The summed E-state index contributed by atoms with van der Waals surface area (Å²) in [5.74, 6) is 1.80. The van der Waals surface area contributed by atoms with Gasteiger partial charge in [0, 0.05) is 12.8 Å². The molecule has 3 rings (SSSR count). The largest absolute Gasteiger partial charge is 0.489 e. The summed E-state index contributed by atoms with van der Waals surface area (Å²) in [6.45, 7) is 5.09. The summed E-state index contributed by atoms with van der Waals surface area (Å²) in [6.07, 6.45) is 2.73. The summed E-state index contributed by atoms with van der Waals surface area (Å²) >= 11 is 0. The molecular weight excluding hydrogens is 274 g/mol. The average molecular weight is 298 g/mol. The minimum Gasteiger partial charge on any atom is -0.489 e. The van der Waals surface area contributed by atoms with Crippen LogP contribution < -0.4 is 14.4 Å². The van der Waals surface area contributed by atoms with Gasteiger partial charge in [-0.15, -0.1) is 0 Å². The van der Waals surface area contributed by atoms with Crippen LogP contribution in [-0.4, -0.2) is 26.2 Å². The maximum atomic E-state index is 5.81. The number of rotatable bonds is 7. The van der Waals surface area contributed by atoms with E-state index in [1.54, 1.807) is 4.90 Å². The van der Waals surface area contributed by atoms with Crippen LogP contribution in [0.2, 0.25) is 0 Å². The van der Waals surface area contributed by atoms with Crippen LogP contribution >= 0.6 is 0 Å². The zero-order valence-electron chi connectivity index (χ0n) is 13.0. The molecule has 0 unspecified atom stereocenters. The molecule has 22 heavy (non-hydrogen) atoms. The van der Waals surface area contributed by atoms with Crippen molar-refractivity contribution in [2.75, 3.05) is 26.2 Å². The van der Waals surface area contributed by atoms with Crippen molar-refractivity contribution >= 4 is 0 Å². The Kier molecular flexibility index (Phi) is 5.32. The van der Waals surface area contributed by atoms with E-state index < -0.39 is 0 Å². The van der Waals surface area contributed by atoms with Crippen molar-refractivity contribution in [3.63, 3.8) is 0 Å². The molecule has 0 atom stereocenters. The molecular formula is C19H24NO2+. The Morgan fingerprint density at radius 1 is 0.773 bits per heavy atom. The van der Waals surface area contributed by atoms with Crippen molar-refractivity contribution in [3.8, 4) is 11.5 Å². The molecule has 1 fully saturated rings. The van der Waals surface area contributed by atoms with Crippen LogP contribution in [0.5, 0.6) is 11.5 Å². The molecule has 0 spiro atoms. The Bertz CT molecular complexity index is 547. The standard InChI is InChI=1S/C19H23NO2/c1-2-6-17(7-3-1)16-22-19-10-8-18(9-11-19)21-15-14-20-12-4-5-13-20/h1-3,6-11H,4-5,12-16H2/p+1. The Balaban J connectivity index is 1.41. The van der Waals surface area contributed by atoms with Gasteiger partial charge in [-0.3, -0.25) is 0 Å². The van der Waals surface area contributed by atoms with Crippen molar-refractivity contribution < 1.29 is 14.4 Å². The minimum absolute atomic E-state index is 0.597. The highest BCUT2D eigenvalue weighted by Gasteiger charge is 2.14. The van der Waals surface area contributed by atoms with Crippen molar-refractivity contribution in [3.05, 3.63) is 60.2 Å². The van der Waals surface area contributed by atoms with E-state index in [4.69, 9.17) is 9.47 Å². The number of hydrogen-bond donors (Lipinski definition) is 1. The molecule has 1 aliphatic rings. The number of benzene rings is 2. The fourth-order valence-corrected chi connectivity index (χ4v) is 2.81. The third-order valence-electron chi connectivity index (χ3n) is 4.11. The second kappa shape index (κ2) is 7.85. The molecule has 116 valence electrons. The molecule has 2 aromatic carbocycles. The molecule has 3 nitrogen and oxygen atoms in total. The number of likely N-dealkylation sites (tertiary alicyclic amines) is 1. The zero-order valence-corrected chi connectivity index (χ0v) is 13.0. The van der Waals surface area contributed by atoms with Gasteiger partial charge in [-0.05, 0) is 29.8 Å². The first-order valence-corrected chi connectivity index (χ1v) is 8.13. The Hall–Kier alpha value is -2.00. The highest BCUT2D eigenvalue weighted by atomic mass is 16.5. The van der Waals surface area contributed by atoms with Crippen LogP contribution in [-0.2, 0) is 6.61 Å². The normalized spacial score (nSPS) is 14.9. The molecule has 2 aromatic rings. The van der Waals surface area contributed by atoms with Crippen molar-refractivity contribution in [2.45, 2.75) is 19.4 Å². The molecule has 1 N–H and O–H groups in total. The second-order valence-corrected chi connectivity index (χ2v) is 5.80. The smallest absolute Gasteiger partial charge is 0.137 e. The lowest BCUT2D eigenvalue weighted by atomic mass is 10.2. The topological polar surface area (TPSA) is 22.9 Å². The van der Waals surface area contributed by atoms with Gasteiger partial charge in [0.25, 0.3) is 0 Å². The molecule has 1 saturated heterocycles. The summed E-state index contributed by atoms with van der Waals surface area (Å²) in [7, 11) is 0. The first kappa shape index (κ1) is 14.9. The van der Waals surface area contributed by atoms with Crippen LogP contribution in [0.3, 0.4) is 0 Å². The Labute approximate surface area is 132 Å². The van der Waals surface area contributed by atoms with Crippen molar-refractivity contribution in [1.82, 2.24) is 0 Å². The summed E-state index contributed by atoms with van der Waals surface area (Å²) in [6, 6.07) is 18.1. The number of nitrogens with one attached hydrogen (secondary N) is 1. The van der Waals surface area contributed by atoms with Crippen LogP contribution in [0, 0.1) is 0 Å². The van der Waals surface area contributed by atoms with E-state index in [1.807, 2.05) is 42.5 Å². The van der Waals surface area contributed by atoms with Crippen LogP contribution in [0.1, 0.15) is 18.4 Å². The van der Waals surface area contributed by atoms with Gasteiger partial charge in [-0.25, -0.2) is 0 Å². The summed E-state index contributed by atoms with van der Waals surface area (Å²) in [4.78, 5) is 1.67. The van der Waals surface area contributed by atoms with Gasteiger partial charge < -0.3 is 14.4 Å². The fourth-order valence-electron chi connectivity index (χ4n) is 2.81. The first-order valence-electron chi connectivity index (χ1n) is 8.13. The molecule has 0 aromatic heterocycles. The second-order valence-electron chi connectivity index (χ2n) is 5.80. The average Bonchev–Trinajstić information content (AvgIpc) is 3.08. The molecule has 0 bridgehead atoms. The van der Waals surface area contributed by atoms with E-state index in [9.17, 15) is 0 Å². The third kappa shape index (κ3) is 4.50. The number of hydrogen-bond acceptors (Lipinski definition) is 2. The first-order chi connectivity index (χ1) is 10.9. The highest BCUT2D eigenvalue weighted by Crippen LogP contribution is 2.18. The Morgan fingerprint density at radius 2 is 1.41 bits per heavy atom. The predicted octanol–water partition coefficient (Wildman–Crippen LogP) is 2.32. The maximum absolute atomic E-state index is 5.81. The maximum Gasteiger partial charge on any atom is 0.137 e. The molecule has 3 heteroatoms. The molecule has 1 heterocycles. The molecule has 1 aliphatic heterocycles. The van der Waals surface area contributed by atoms with Crippen molar-refractivity contribution in [1.29, 1.82) is 0 Å². The van der Waals surface area contributed by atoms with Gasteiger partial charge in [0.1, 0.15) is 31.3 Å². The van der Waals surface area contributed by atoms with Gasteiger partial charge in [-0.1, -0.05) is 30.3 Å². The zero-order chi connectivity index (χ0) is 15.0. The highest BCUT2D eigenvalue weighted by molar-refractivity contribution is 5.31. The summed E-state index contributed by atoms with van der Waals surface area (Å²) in [5, 5.41) is 0. The predicted molar refractivity (Wildman–Crippen MR) is 87.5 cm³/mol. The molecule has 0 radical (unpaired) electrons. The lowest BCUT2D eigenvalue weighted by Crippen LogP contribution is -3.10. The molecule has 0 amide bonds. The van der Waals surface area contributed by atoms with Gasteiger partial charge >= 0.3 is 0 Å². The lowest BCUT2D eigenvalue weighted by molar-refractivity contribution is -0.887. The van der Waals surface area contributed by atoms with Gasteiger partial charge in [0.2, 0.25) is 0 Å². The summed E-state index contributed by atoms with van der Waals surface area (Å²) in [5.41, 5.74) is 1.18. The Morgan fingerprint density at radius 3 is 2.09 bits per heavy atom. The van der Waals surface area contributed by atoms with Crippen molar-refractivity contribution in [2.24, 2.45) is 0 Å². The quantitative estimate of drug-likeness (QED) is 0.848. The van der Waals surface area contributed by atoms with E-state index >= 15 is 0 Å². The third-order valence-corrected chi connectivity index (χ3v) is 4.11. The number of quaternary nitrogens is 1. The van der Waals surface area contributed by atoms with Crippen LogP contribution in [0.15, 0.2) is 54.6 Å². The van der Waals surface area contributed by atoms with E-state index in [-0.39, 0.29) is 0 Å². The van der Waals surface area contributed by atoms with E-state index in [0.717, 1.165) is 24.7 Å². The molecule has 0 aliphatic carbocycles. The van der Waals surface area contributed by atoms with E-state index in [1.165, 1.54) is 31.5 Å². The monoisotopic (exact) mass is 298 g/mol. The minimum atomic E-state index is 0.597. The summed E-state index contributed by atoms with van der Waals surface area (Å²) < 4.78 is 11.6. The SMILES string of the molecule is c1ccc(COc2ccc(OCC[NH+]3CCCC3)cc2)cc1. The van der Waals surface area contributed by atoms with Crippen LogP contribution in [0.4, 0.5) is 0 Å². The van der Waals surface area contributed by atoms with Gasteiger partial charge in [-0.2, -0.15) is 0 Å². The molecule has 0 saturated carbocycles. The van der Waals surface area contributed by atoms with Crippen LogP contribution in [0.25, 0.3) is 0 Å².